The fourth-order valence-electron chi connectivity index (χ4n) is 1.77. The lowest BCUT2D eigenvalue weighted by atomic mass is 9.88. The van der Waals surface area contributed by atoms with Gasteiger partial charge in [0.25, 0.3) is 0 Å². The molecule has 0 aromatic carbocycles. The second-order valence-corrected chi connectivity index (χ2v) is 4.36. The molecule has 0 aliphatic heterocycles. The van der Waals surface area contributed by atoms with Crippen molar-refractivity contribution in [2.45, 2.75) is 71.4 Å². The summed E-state index contributed by atoms with van der Waals surface area (Å²) in [5.74, 6) is -0.209. The Morgan fingerprint density at radius 1 is 1.40 bits per heavy atom. The smallest absolute Gasteiger partial charge is 0.237 e. The molecule has 0 radical (unpaired) electrons. The van der Waals surface area contributed by atoms with Gasteiger partial charge in [0.05, 0.1) is 5.54 Å². The van der Waals surface area contributed by atoms with Gasteiger partial charge in [0.15, 0.2) is 0 Å². The zero-order chi connectivity index (χ0) is 11.9. The van der Waals surface area contributed by atoms with Crippen molar-refractivity contribution < 1.29 is 4.79 Å². The van der Waals surface area contributed by atoms with Gasteiger partial charge < -0.3 is 11.1 Å². The Morgan fingerprint density at radius 3 is 2.33 bits per heavy atom. The van der Waals surface area contributed by atoms with E-state index >= 15 is 0 Å². The molecule has 0 saturated carbocycles. The highest BCUT2D eigenvalue weighted by atomic mass is 16.1. The predicted octanol–water partition coefficient (Wildman–Crippen LogP) is 2.20. The van der Waals surface area contributed by atoms with Gasteiger partial charge in [-0.3, -0.25) is 4.79 Å². The minimum atomic E-state index is -0.495. The SMILES string of the molecule is CCCCC(CC)(NC(C)CC)C(N)=O. The first-order valence-electron chi connectivity index (χ1n) is 6.10. The summed E-state index contributed by atoms with van der Waals surface area (Å²) in [4.78, 5) is 11.6. The zero-order valence-electron chi connectivity index (χ0n) is 10.6. The number of hydrogen-bond donors (Lipinski definition) is 2. The van der Waals surface area contributed by atoms with Gasteiger partial charge in [0.2, 0.25) is 5.91 Å². The summed E-state index contributed by atoms with van der Waals surface area (Å²) >= 11 is 0. The molecule has 0 heterocycles. The second kappa shape index (κ2) is 6.83. The minimum absolute atomic E-state index is 0.209. The molecular formula is C12H26N2O. The molecule has 3 nitrogen and oxygen atoms in total. The van der Waals surface area contributed by atoms with Crippen molar-refractivity contribution in [3.8, 4) is 0 Å². The van der Waals surface area contributed by atoms with E-state index in [1.807, 2.05) is 6.92 Å². The lowest BCUT2D eigenvalue weighted by molar-refractivity contribution is -0.125. The maximum atomic E-state index is 11.6. The Balaban J connectivity index is 4.57. The summed E-state index contributed by atoms with van der Waals surface area (Å²) in [6.45, 7) is 8.36. The van der Waals surface area contributed by atoms with Crippen LogP contribution in [0.4, 0.5) is 0 Å². The van der Waals surface area contributed by atoms with E-state index in [0.29, 0.717) is 6.04 Å². The molecule has 15 heavy (non-hydrogen) atoms. The first-order valence-corrected chi connectivity index (χ1v) is 6.10. The summed E-state index contributed by atoms with van der Waals surface area (Å²) in [6, 6.07) is 0.342. The van der Waals surface area contributed by atoms with Crippen LogP contribution in [-0.2, 0) is 4.79 Å². The summed E-state index contributed by atoms with van der Waals surface area (Å²) in [5.41, 5.74) is 5.03. The summed E-state index contributed by atoms with van der Waals surface area (Å²) in [5, 5.41) is 3.39. The number of carbonyl (C=O) groups is 1. The van der Waals surface area contributed by atoms with Crippen LogP contribution >= 0.6 is 0 Å². The van der Waals surface area contributed by atoms with Crippen LogP contribution in [0.1, 0.15) is 59.8 Å². The molecule has 2 atom stereocenters. The Morgan fingerprint density at radius 2 is 2.00 bits per heavy atom. The summed E-state index contributed by atoms with van der Waals surface area (Å²) < 4.78 is 0. The summed E-state index contributed by atoms with van der Waals surface area (Å²) in [7, 11) is 0. The van der Waals surface area contributed by atoms with Gasteiger partial charge in [-0.1, -0.05) is 33.6 Å². The van der Waals surface area contributed by atoms with E-state index in [4.69, 9.17) is 5.73 Å². The van der Waals surface area contributed by atoms with Crippen molar-refractivity contribution in [1.82, 2.24) is 5.32 Å². The summed E-state index contributed by atoms with van der Waals surface area (Å²) in [6.07, 6.45) is 4.77. The topological polar surface area (TPSA) is 55.1 Å². The molecular weight excluding hydrogens is 188 g/mol. The number of nitrogens with one attached hydrogen (secondary N) is 1. The van der Waals surface area contributed by atoms with Crippen molar-refractivity contribution in [3.05, 3.63) is 0 Å². The maximum Gasteiger partial charge on any atom is 0.237 e. The monoisotopic (exact) mass is 214 g/mol. The van der Waals surface area contributed by atoms with E-state index < -0.39 is 5.54 Å². The lowest BCUT2D eigenvalue weighted by Gasteiger charge is -2.33. The van der Waals surface area contributed by atoms with E-state index in [1.54, 1.807) is 0 Å². The molecule has 0 spiro atoms. The van der Waals surface area contributed by atoms with Crippen LogP contribution in [0.15, 0.2) is 0 Å². The van der Waals surface area contributed by atoms with E-state index in [-0.39, 0.29) is 5.91 Å². The molecule has 0 aromatic heterocycles. The fraction of sp³-hybridized carbons (Fsp3) is 0.917. The maximum absolute atomic E-state index is 11.6. The Bertz CT molecular complexity index is 194. The molecule has 0 bridgehead atoms. The number of primary amides is 1. The van der Waals surface area contributed by atoms with Crippen LogP contribution in [0.25, 0.3) is 0 Å². The fourth-order valence-corrected chi connectivity index (χ4v) is 1.77. The number of rotatable bonds is 8. The highest BCUT2D eigenvalue weighted by molar-refractivity contribution is 5.84. The van der Waals surface area contributed by atoms with Crippen LogP contribution in [0.5, 0.6) is 0 Å². The van der Waals surface area contributed by atoms with Crippen LogP contribution in [0.3, 0.4) is 0 Å². The molecule has 2 unspecified atom stereocenters. The largest absolute Gasteiger partial charge is 0.368 e. The van der Waals surface area contributed by atoms with Gasteiger partial charge in [-0.25, -0.2) is 0 Å². The lowest BCUT2D eigenvalue weighted by Crippen LogP contribution is -2.57. The number of carbonyl (C=O) groups excluding carboxylic acids is 1. The van der Waals surface area contributed by atoms with E-state index in [1.165, 1.54) is 0 Å². The normalized spacial score (nSPS) is 17.1. The van der Waals surface area contributed by atoms with Crippen molar-refractivity contribution in [3.63, 3.8) is 0 Å². The quantitative estimate of drug-likeness (QED) is 0.651. The molecule has 0 aliphatic rings. The standard InChI is InChI=1S/C12H26N2O/c1-5-8-9-12(7-3,11(13)15)14-10(4)6-2/h10,14H,5-9H2,1-4H3,(H2,13,15). The molecule has 0 rings (SSSR count). The Kier molecular flexibility index (Phi) is 6.57. The van der Waals surface area contributed by atoms with E-state index in [9.17, 15) is 4.79 Å². The molecule has 0 aromatic rings. The average Bonchev–Trinajstić information content (AvgIpc) is 2.23. The van der Waals surface area contributed by atoms with Crippen molar-refractivity contribution in [2.75, 3.05) is 0 Å². The molecule has 0 aliphatic carbocycles. The Labute approximate surface area is 93.8 Å². The third-order valence-electron chi connectivity index (χ3n) is 3.17. The van der Waals surface area contributed by atoms with Gasteiger partial charge in [-0.2, -0.15) is 0 Å². The van der Waals surface area contributed by atoms with Gasteiger partial charge in [-0.15, -0.1) is 0 Å². The van der Waals surface area contributed by atoms with Gasteiger partial charge >= 0.3 is 0 Å². The molecule has 3 N–H and O–H groups in total. The minimum Gasteiger partial charge on any atom is -0.368 e. The van der Waals surface area contributed by atoms with Gasteiger partial charge in [0, 0.05) is 6.04 Å². The van der Waals surface area contributed by atoms with Crippen molar-refractivity contribution in [2.24, 2.45) is 5.73 Å². The third kappa shape index (κ3) is 4.20. The zero-order valence-corrected chi connectivity index (χ0v) is 10.6. The van der Waals surface area contributed by atoms with Crippen molar-refractivity contribution in [1.29, 1.82) is 0 Å². The number of nitrogens with two attached hydrogens (primary N) is 1. The van der Waals surface area contributed by atoms with E-state index in [2.05, 4.69) is 26.1 Å². The van der Waals surface area contributed by atoms with Crippen LogP contribution in [0, 0.1) is 0 Å². The number of unbranched alkanes of at least 4 members (excludes halogenated alkanes) is 1. The molecule has 90 valence electrons. The highest BCUT2D eigenvalue weighted by Gasteiger charge is 2.34. The Hall–Kier alpha value is -0.570. The van der Waals surface area contributed by atoms with E-state index in [0.717, 1.165) is 32.1 Å². The van der Waals surface area contributed by atoms with Gasteiger partial charge in [-0.05, 0) is 26.2 Å². The molecule has 0 saturated heterocycles. The number of amides is 1. The highest BCUT2D eigenvalue weighted by Crippen LogP contribution is 2.19. The van der Waals surface area contributed by atoms with Crippen LogP contribution in [0.2, 0.25) is 0 Å². The van der Waals surface area contributed by atoms with Gasteiger partial charge in [0.1, 0.15) is 0 Å². The third-order valence-corrected chi connectivity index (χ3v) is 3.17. The predicted molar refractivity (Wildman–Crippen MR) is 64.6 cm³/mol. The number of hydrogen-bond acceptors (Lipinski definition) is 2. The molecule has 3 heteroatoms. The van der Waals surface area contributed by atoms with Crippen LogP contribution < -0.4 is 11.1 Å². The molecule has 0 fully saturated rings. The molecule has 1 amide bonds. The first kappa shape index (κ1) is 14.4. The second-order valence-electron chi connectivity index (χ2n) is 4.36. The van der Waals surface area contributed by atoms with Crippen LogP contribution in [-0.4, -0.2) is 17.5 Å². The van der Waals surface area contributed by atoms with Crippen molar-refractivity contribution >= 4 is 5.91 Å². The first-order chi connectivity index (χ1) is 7.02. The average molecular weight is 214 g/mol.